The molecule has 0 unspecified atom stereocenters. The van der Waals surface area contributed by atoms with Gasteiger partial charge in [-0.05, 0) is 44.0 Å². The molecule has 1 aliphatic heterocycles. The van der Waals surface area contributed by atoms with Crippen LogP contribution in [0.4, 0.5) is 0 Å². The molecule has 0 saturated carbocycles. The lowest BCUT2D eigenvalue weighted by molar-refractivity contribution is -0.146. The number of hydrazone groups is 1. The number of sulfonamides is 1. The Kier molecular flexibility index (Phi) is 7.35. The second-order valence-corrected chi connectivity index (χ2v) is 10.5. The van der Waals surface area contributed by atoms with Crippen LogP contribution in [0.15, 0.2) is 88.9 Å². The molecule has 0 aliphatic carbocycles. The van der Waals surface area contributed by atoms with E-state index >= 15 is 0 Å². The Hall–Kier alpha value is -3.78. The summed E-state index contributed by atoms with van der Waals surface area (Å²) in [7, 11) is -4.32. The van der Waals surface area contributed by atoms with Crippen LogP contribution in [0.2, 0.25) is 0 Å². The molecular weight excluding hydrogens is 476 g/mol. The first-order chi connectivity index (χ1) is 17.2. The molecule has 0 saturated heterocycles. The third-order valence-electron chi connectivity index (χ3n) is 6.17. The minimum Gasteiger partial charge on any atom is -0.465 e. The molecule has 0 spiro atoms. The van der Waals surface area contributed by atoms with E-state index in [0.717, 1.165) is 16.7 Å². The summed E-state index contributed by atoms with van der Waals surface area (Å²) in [5.41, 5.74) is 3.33. The van der Waals surface area contributed by atoms with Gasteiger partial charge in [-0.1, -0.05) is 77.9 Å². The molecule has 0 bridgehead atoms. The first-order valence-electron chi connectivity index (χ1n) is 11.7. The smallest absolute Gasteiger partial charge is 0.315 e. The monoisotopic (exact) mass is 504 g/mol. The zero-order valence-corrected chi connectivity index (χ0v) is 21.2. The Bertz CT molecular complexity index is 1380. The van der Waals surface area contributed by atoms with Gasteiger partial charge in [0.15, 0.2) is 0 Å². The molecule has 1 heterocycles. The summed E-state index contributed by atoms with van der Waals surface area (Å²) < 4.78 is 33.2. The van der Waals surface area contributed by atoms with E-state index in [-0.39, 0.29) is 23.6 Å². The summed E-state index contributed by atoms with van der Waals surface area (Å²) in [6, 6.07) is 22.5. The molecule has 3 aromatic rings. The fourth-order valence-electron chi connectivity index (χ4n) is 4.27. The van der Waals surface area contributed by atoms with Crippen molar-refractivity contribution in [3.8, 4) is 0 Å². The average Bonchev–Trinajstić information content (AvgIpc) is 3.02. The van der Waals surface area contributed by atoms with Crippen molar-refractivity contribution >= 4 is 27.6 Å². The van der Waals surface area contributed by atoms with Crippen molar-refractivity contribution < 1.29 is 22.7 Å². The standard InChI is InChI=1S/C28H28N2O5S/c1-4-35-28(32)26-24(21-14-10-19(2)11-15-21)18-25(31)30(29-27(26)22-8-6-5-7-9-22)36(33,34)23-16-12-20(3)13-17-23/h5-17,24,26H,4,18H2,1-3H3/t24-,26-/m1/s1. The van der Waals surface area contributed by atoms with Crippen molar-refractivity contribution in [3.05, 3.63) is 101 Å². The fraction of sp³-hybridized carbons (Fsp3) is 0.250. The van der Waals surface area contributed by atoms with Gasteiger partial charge in [0.05, 0.1) is 17.2 Å². The third-order valence-corrected chi connectivity index (χ3v) is 7.77. The lowest BCUT2D eigenvalue weighted by atomic mass is 9.79. The van der Waals surface area contributed by atoms with E-state index in [1.807, 2.05) is 44.2 Å². The Morgan fingerprint density at radius 3 is 2.11 bits per heavy atom. The van der Waals surface area contributed by atoms with Crippen LogP contribution in [-0.2, 0) is 24.3 Å². The molecule has 2 atom stereocenters. The van der Waals surface area contributed by atoms with E-state index < -0.39 is 33.7 Å². The first kappa shape index (κ1) is 25.3. The number of esters is 1. The van der Waals surface area contributed by atoms with Crippen LogP contribution in [0.1, 0.15) is 41.5 Å². The highest BCUT2D eigenvalue weighted by Crippen LogP contribution is 2.37. The van der Waals surface area contributed by atoms with Gasteiger partial charge in [-0.15, -0.1) is 4.41 Å². The third kappa shape index (κ3) is 5.09. The number of ether oxygens (including phenoxy) is 1. The van der Waals surface area contributed by atoms with Crippen LogP contribution in [0.3, 0.4) is 0 Å². The van der Waals surface area contributed by atoms with Gasteiger partial charge in [-0.2, -0.15) is 13.5 Å². The Morgan fingerprint density at radius 2 is 1.53 bits per heavy atom. The zero-order chi connectivity index (χ0) is 25.9. The second kappa shape index (κ2) is 10.5. The van der Waals surface area contributed by atoms with Crippen molar-refractivity contribution in [1.82, 2.24) is 4.41 Å². The highest BCUT2D eigenvalue weighted by molar-refractivity contribution is 7.89. The van der Waals surface area contributed by atoms with Crippen molar-refractivity contribution in [2.45, 2.75) is 38.0 Å². The van der Waals surface area contributed by atoms with Gasteiger partial charge in [0.2, 0.25) is 0 Å². The summed E-state index contributed by atoms with van der Waals surface area (Å²) in [6.45, 7) is 5.62. The zero-order valence-electron chi connectivity index (χ0n) is 20.4. The minimum atomic E-state index is -4.32. The van der Waals surface area contributed by atoms with E-state index in [1.54, 1.807) is 43.3 Å². The molecule has 186 valence electrons. The molecule has 4 rings (SSSR count). The van der Waals surface area contributed by atoms with Crippen LogP contribution in [-0.4, -0.2) is 37.0 Å². The highest BCUT2D eigenvalue weighted by Gasteiger charge is 2.44. The molecule has 3 aromatic carbocycles. The summed E-state index contributed by atoms with van der Waals surface area (Å²) >= 11 is 0. The van der Waals surface area contributed by atoms with Crippen molar-refractivity contribution in [3.63, 3.8) is 0 Å². The lowest BCUT2D eigenvalue weighted by Gasteiger charge is -2.24. The molecule has 1 aliphatic rings. The number of aryl methyl sites for hydroxylation is 2. The largest absolute Gasteiger partial charge is 0.465 e. The van der Waals surface area contributed by atoms with Crippen LogP contribution in [0.25, 0.3) is 0 Å². The normalized spacial score (nSPS) is 18.4. The molecule has 7 nitrogen and oxygen atoms in total. The molecule has 0 N–H and O–H groups in total. The van der Waals surface area contributed by atoms with Gasteiger partial charge in [0, 0.05) is 12.3 Å². The van der Waals surface area contributed by atoms with Crippen molar-refractivity contribution in [1.29, 1.82) is 0 Å². The van der Waals surface area contributed by atoms with Gasteiger partial charge in [-0.25, -0.2) is 0 Å². The van der Waals surface area contributed by atoms with Gasteiger partial charge in [0.1, 0.15) is 5.92 Å². The number of nitrogens with zero attached hydrogens (tertiary/aromatic N) is 2. The maximum absolute atomic E-state index is 13.6. The predicted molar refractivity (Wildman–Crippen MR) is 137 cm³/mol. The van der Waals surface area contributed by atoms with Crippen molar-refractivity contribution in [2.24, 2.45) is 11.0 Å². The Morgan fingerprint density at radius 1 is 0.944 bits per heavy atom. The Balaban J connectivity index is 1.94. The number of carbonyl (C=O) groups excluding carboxylic acids is 2. The number of rotatable bonds is 6. The topological polar surface area (TPSA) is 93.1 Å². The minimum absolute atomic E-state index is 0.0564. The van der Waals surface area contributed by atoms with Gasteiger partial charge >= 0.3 is 5.97 Å². The molecule has 1 amide bonds. The van der Waals surface area contributed by atoms with E-state index in [2.05, 4.69) is 5.10 Å². The Labute approximate surface area is 211 Å². The predicted octanol–water partition coefficient (Wildman–Crippen LogP) is 4.59. The van der Waals surface area contributed by atoms with Gasteiger partial charge < -0.3 is 4.74 Å². The van der Waals surface area contributed by atoms with E-state index in [1.165, 1.54) is 12.1 Å². The van der Waals surface area contributed by atoms with Crippen LogP contribution < -0.4 is 0 Å². The molecular formula is C28H28N2O5S. The molecule has 0 radical (unpaired) electrons. The van der Waals surface area contributed by atoms with Crippen LogP contribution in [0.5, 0.6) is 0 Å². The van der Waals surface area contributed by atoms with Gasteiger partial charge in [-0.3, -0.25) is 9.59 Å². The van der Waals surface area contributed by atoms with E-state index in [0.29, 0.717) is 9.98 Å². The summed E-state index contributed by atoms with van der Waals surface area (Å²) in [5, 5.41) is 4.39. The van der Waals surface area contributed by atoms with Crippen LogP contribution in [0, 0.1) is 19.8 Å². The number of amides is 1. The summed E-state index contributed by atoms with van der Waals surface area (Å²) in [4.78, 5) is 26.9. The van der Waals surface area contributed by atoms with Gasteiger partial charge in [0.25, 0.3) is 15.9 Å². The molecule has 0 fully saturated rings. The number of carbonyl (C=O) groups is 2. The molecule has 0 aromatic heterocycles. The SMILES string of the molecule is CCOC(=O)[C@H]1C(c2ccccc2)=NN(S(=O)(=O)c2ccc(C)cc2)C(=O)C[C@@H]1c1ccc(C)cc1. The van der Waals surface area contributed by atoms with Crippen LogP contribution >= 0.6 is 0 Å². The number of benzene rings is 3. The lowest BCUT2D eigenvalue weighted by Crippen LogP contribution is -2.32. The summed E-state index contributed by atoms with van der Waals surface area (Å²) in [5.74, 6) is -2.94. The summed E-state index contributed by atoms with van der Waals surface area (Å²) in [6.07, 6.45) is -0.239. The number of hydrogen-bond donors (Lipinski definition) is 0. The van der Waals surface area contributed by atoms with E-state index in [4.69, 9.17) is 4.74 Å². The quantitative estimate of drug-likeness (QED) is 0.458. The van der Waals surface area contributed by atoms with Crippen molar-refractivity contribution in [2.75, 3.05) is 6.61 Å². The second-order valence-electron chi connectivity index (χ2n) is 8.76. The molecule has 8 heteroatoms. The average molecular weight is 505 g/mol. The number of hydrogen-bond acceptors (Lipinski definition) is 6. The fourth-order valence-corrected chi connectivity index (χ4v) is 5.48. The maximum atomic E-state index is 13.6. The maximum Gasteiger partial charge on any atom is 0.315 e. The highest BCUT2D eigenvalue weighted by atomic mass is 32.2. The first-order valence-corrected chi connectivity index (χ1v) is 13.2. The molecule has 36 heavy (non-hydrogen) atoms. The van der Waals surface area contributed by atoms with E-state index in [9.17, 15) is 18.0 Å².